The lowest BCUT2D eigenvalue weighted by Crippen LogP contribution is -2.28. The Morgan fingerprint density at radius 1 is 0.939 bits per heavy atom. The minimum atomic E-state index is -3.80. The topological polar surface area (TPSA) is 110 Å². The molecule has 0 saturated heterocycles. The fourth-order valence-corrected chi connectivity index (χ4v) is 4.71. The Bertz CT molecular complexity index is 1490. The number of carbonyl (C=O) groups is 1. The van der Waals surface area contributed by atoms with Crippen molar-refractivity contribution in [3.8, 4) is 0 Å². The molecule has 0 atom stereocenters. The number of aromatic nitrogens is 2. The number of hydrogen-bond donors (Lipinski definition) is 2. The van der Waals surface area contributed by atoms with Crippen molar-refractivity contribution in [2.45, 2.75) is 25.3 Å². The van der Waals surface area contributed by atoms with Gasteiger partial charge in [-0.2, -0.15) is 0 Å². The Hall–Kier alpha value is -3.98. The van der Waals surface area contributed by atoms with Crippen molar-refractivity contribution in [3.05, 3.63) is 94.4 Å². The molecule has 0 spiro atoms. The van der Waals surface area contributed by atoms with Crippen molar-refractivity contribution in [2.24, 2.45) is 0 Å². The molecule has 33 heavy (non-hydrogen) atoms. The number of sulfonamides is 1. The molecule has 0 aliphatic rings. The lowest BCUT2D eigenvalue weighted by atomic mass is 10.1. The van der Waals surface area contributed by atoms with Gasteiger partial charge in [0, 0.05) is 5.69 Å². The van der Waals surface area contributed by atoms with E-state index in [9.17, 15) is 18.0 Å². The highest BCUT2D eigenvalue weighted by Crippen LogP contribution is 2.24. The first-order valence-electron chi connectivity index (χ1n) is 10.2. The average molecular weight is 463 g/mol. The van der Waals surface area contributed by atoms with E-state index in [0.717, 1.165) is 11.1 Å². The van der Waals surface area contributed by atoms with Crippen LogP contribution in [-0.2, 0) is 21.4 Å². The highest BCUT2D eigenvalue weighted by atomic mass is 32.2. The van der Waals surface area contributed by atoms with Gasteiger partial charge < -0.3 is 5.32 Å². The maximum atomic E-state index is 12.8. The number of amides is 1. The van der Waals surface area contributed by atoms with Gasteiger partial charge in [0.05, 0.1) is 27.8 Å². The first kappa shape index (κ1) is 22.2. The Kier molecular flexibility index (Phi) is 5.97. The number of carbonyl (C=O) groups excluding carboxylic acids is 1. The van der Waals surface area contributed by atoms with E-state index in [1.54, 1.807) is 24.3 Å². The molecule has 1 aromatic heterocycles. The molecular weight excluding hydrogens is 440 g/mol. The molecule has 0 unspecified atom stereocenters. The van der Waals surface area contributed by atoms with Crippen LogP contribution in [0.2, 0.25) is 0 Å². The summed E-state index contributed by atoms with van der Waals surface area (Å²) < 4.78 is 29.6. The molecule has 3 aromatic carbocycles. The van der Waals surface area contributed by atoms with Crippen LogP contribution in [-0.4, -0.2) is 23.9 Å². The highest BCUT2D eigenvalue weighted by Gasteiger charge is 2.17. The number of hydrogen-bond acceptors (Lipinski definition) is 5. The zero-order valence-corrected chi connectivity index (χ0v) is 18.9. The van der Waals surface area contributed by atoms with E-state index in [2.05, 4.69) is 15.0 Å². The molecule has 0 saturated carbocycles. The predicted molar refractivity (Wildman–Crippen MR) is 128 cm³/mol. The molecule has 1 heterocycles. The number of anilines is 2. The minimum Gasteiger partial charge on any atom is -0.325 e. The van der Waals surface area contributed by atoms with Gasteiger partial charge in [0.15, 0.2) is 0 Å². The van der Waals surface area contributed by atoms with Gasteiger partial charge in [-0.1, -0.05) is 30.3 Å². The van der Waals surface area contributed by atoms with E-state index in [-0.39, 0.29) is 17.0 Å². The molecule has 1 amide bonds. The number of nitrogens with zero attached hydrogens (tertiary/aromatic N) is 2. The summed E-state index contributed by atoms with van der Waals surface area (Å²) in [6.07, 6.45) is 1.18. The summed E-state index contributed by atoms with van der Waals surface area (Å²) >= 11 is 0. The maximum absolute atomic E-state index is 12.8. The van der Waals surface area contributed by atoms with E-state index < -0.39 is 15.9 Å². The summed E-state index contributed by atoms with van der Waals surface area (Å²) in [7, 11) is -3.80. The molecule has 0 aliphatic heterocycles. The first-order chi connectivity index (χ1) is 15.7. The van der Waals surface area contributed by atoms with Crippen molar-refractivity contribution >= 4 is 38.3 Å². The summed E-state index contributed by atoms with van der Waals surface area (Å²) in [6, 6.07) is 18.4. The van der Waals surface area contributed by atoms with Gasteiger partial charge >= 0.3 is 0 Å². The predicted octanol–water partition coefficient (Wildman–Crippen LogP) is 3.45. The summed E-state index contributed by atoms with van der Waals surface area (Å²) in [5, 5.41) is 2.69. The molecule has 168 valence electrons. The average Bonchev–Trinajstić information content (AvgIpc) is 2.79. The van der Waals surface area contributed by atoms with Gasteiger partial charge in [0.2, 0.25) is 5.91 Å². The molecule has 0 radical (unpaired) electrons. The van der Waals surface area contributed by atoms with Crippen LogP contribution in [0.5, 0.6) is 0 Å². The van der Waals surface area contributed by atoms with E-state index in [1.807, 2.05) is 32.0 Å². The van der Waals surface area contributed by atoms with E-state index in [0.29, 0.717) is 22.4 Å². The van der Waals surface area contributed by atoms with Crippen molar-refractivity contribution in [1.29, 1.82) is 0 Å². The second-order valence-electron chi connectivity index (χ2n) is 7.62. The molecule has 0 aliphatic carbocycles. The zero-order chi connectivity index (χ0) is 23.6. The SMILES string of the molecule is Cc1cccc(C)c1NS(=O)(=O)c1ccc(NC(=O)Cn2c(=O)cnc3ccccc32)cc1. The van der Waals surface area contributed by atoms with Crippen molar-refractivity contribution in [1.82, 2.24) is 9.55 Å². The standard InChI is InChI=1S/C24H22N4O4S/c1-16-6-5-7-17(2)24(16)27-33(31,32)19-12-10-18(11-13-19)26-22(29)15-28-21-9-4-3-8-20(21)25-14-23(28)30/h3-14,27H,15H2,1-2H3,(H,26,29). The number of rotatable bonds is 6. The second-order valence-corrected chi connectivity index (χ2v) is 9.30. The van der Waals surface area contributed by atoms with Crippen LogP contribution >= 0.6 is 0 Å². The van der Waals surface area contributed by atoms with Crippen LogP contribution in [0.15, 0.2) is 82.6 Å². The van der Waals surface area contributed by atoms with Crippen LogP contribution < -0.4 is 15.6 Å². The third-order valence-corrected chi connectivity index (χ3v) is 6.59. The minimum absolute atomic E-state index is 0.0690. The van der Waals surface area contributed by atoms with Crippen molar-refractivity contribution in [2.75, 3.05) is 10.0 Å². The second kappa shape index (κ2) is 8.87. The summed E-state index contributed by atoms with van der Waals surface area (Å²) in [5.41, 5.74) is 3.38. The molecule has 8 nitrogen and oxygen atoms in total. The lowest BCUT2D eigenvalue weighted by molar-refractivity contribution is -0.116. The summed E-state index contributed by atoms with van der Waals surface area (Å²) in [6.45, 7) is 3.47. The fourth-order valence-electron chi connectivity index (χ4n) is 3.51. The van der Waals surface area contributed by atoms with Crippen LogP contribution in [0.1, 0.15) is 11.1 Å². The lowest BCUT2D eigenvalue weighted by Gasteiger charge is -2.14. The largest absolute Gasteiger partial charge is 0.325 e. The van der Waals surface area contributed by atoms with Gasteiger partial charge in [0.1, 0.15) is 6.54 Å². The van der Waals surface area contributed by atoms with Crippen molar-refractivity contribution < 1.29 is 13.2 Å². The van der Waals surface area contributed by atoms with Gasteiger partial charge in [0.25, 0.3) is 15.6 Å². The smallest absolute Gasteiger partial charge is 0.269 e. The Morgan fingerprint density at radius 3 is 2.30 bits per heavy atom. The fraction of sp³-hybridized carbons (Fsp3) is 0.125. The quantitative estimate of drug-likeness (QED) is 0.456. The van der Waals surface area contributed by atoms with Gasteiger partial charge in [-0.25, -0.2) is 13.4 Å². The number of nitrogens with one attached hydrogen (secondary N) is 2. The van der Waals surface area contributed by atoms with Gasteiger partial charge in [-0.15, -0.1) is 0 Å². The Labute approximate surface area is 191 Å². The number of para-hydroxylation sites is 3. The Morgan fingerprint density at radius 2 is 1.61 bits per heavy atom. The number of aryl methyl sites for hydroxylation is 2. The van der Waals surface area contributed by atoms with E-state index in [4.69, 9.17) is 0 Å². The first-order valence-corrected chi connectivity index (χ1v) is 11.7. The van der Waals surface area contributed by atoms with E-state index >= 15 is 0 Å². The number of fused-ring (bicyclic) bond motifs is 1. The number of benzene rings is 3. The van der Waals surface area contributed by atoms with E-state index in [1.165, 1.54) is 35.0 Å². The molecule has 0 bridgehead atoms. The van der Waals surface area contributed by atoms with Crippen molar-refractivity contribution in [3.63, 3.8) is 0 Å². The summed E-state index contributed by atoms with van der Waals surface area (Å²) in [4.78, 5) is 28.9. The maximum Gasteiger partial charge on any atom is 0.269 e. The zero-order valence-electron chi connectivity index (χ0n) is 18.1. The van der Waals surface area contributed by atoms with Gasteiger partial charge in [-0.3, -0.25) is 18.9 Å². The third kappa shape index (κ3) is 4.78. The summed E-state index contributed by atoms with van der Waals surface area (Å²) in [5.74, 6) is -0.419. The molecule has 4 aromatic rings. The molecule has 9 heteroatoms. The third-order valence-electron chi connectivity index (χ3n) is 5.22. The van der Waals surface area contributed by atoms with Crippen LogP contribution in [0.3, 0.4) is 0 Å². The van der Waals surface area contributed by atoms with Crippen LogP contribution in [0.25, 0.3) is 11.0 Å². The monoisotopic (exact) mass is 462 g/mol. The molecule has 2 N–H and O–H groups in total. The normalized spacial score (nSPS) is 11.3. The van der Waals surface area contributed by atoms with Crippen LogP contribution in [0, 0.1) is 13.8 Å². The van der Waals surface area contributed by atoms with Gasteiger partial charge in [-0.05, 0) is 61.4 Å². The van der Waals surface area contributed by atoms with Crippen LogP contribution in [0.4, 0.5) is 11.4 Å². The molecule has 0 fully saturated rings. The Balaban J connectivity index is 1.50. The molecular formula is C24H22N4O4S. The molecule has 4 rings (SSSR count). The highest BCUT2D eigenvalue weighted by molar-refractivity contribution is 7.92.